The number of aliphatic hydroxyl groups excluding tert-OH is 1. The van der Waals surface area contributed by atoms with Gasteiger partial charge in [-0.2, -0.15) is 0 Å². The van der Waals surface area contributed by atoms with Gasteiger partial charge < -0.3 is 33.8 Å². The van der Waals surface area contributed by atoms with Gasteiger partial charge in [0.05, 0.1) is 26.4 Å². The largest absolute Gasteiger partial charge is 0.472 e. The van der Waals surface area contributed by atoms with E-state index in [0.717, 1.165) is 120 Å². The smallest absolute Gasteiger partial charge is 0.462 e. The first-order chi connectivity index (χ1) is 43.2. The van der Waals surface area contributed by atoms with Crippen molar-refractivity contribution >= 4 is 39.5 Å². The maximum atomic E-state index is 13.0. The topological polar surface area (TPSA) is 237 Å². The summed E-state index contributed by atoms with van der Waals surface area (Å²) >= 11 is 0. The minimum absolute atomic E-state index is 0.103. The molecule has 17 nitrogen and oxygen atoms in total. The highest BCUT2D eigenvalue weighted by Gasteiger charge is 2.30. The highest BCUT2D eigenvalue weighted by Crippen LogP contribution is 2.45. The summed E-state index contributed by atoms with van der Waals surface area (Å²) in [4.78, 5) is 72.5. The van der Waals surface area contributed by atoms with E-state index in [1.54, 1.807) is 0 Å². The minimum Gasteiger partial charge on any atom is -0.462 e. The predicted molar refractivity (Wildman–Crippen MR) is 363 cm³/mol. The molecule has 0 saturated heterocycles. The molecule has 0 fully saturated rings. The van der Waals surface area contributed by atoms with Gasteiger partial charge in [-0.15, -0.1) is 0 Å². The number of carbonyl (C=O) groups is 4. The fourth-order valence-electron chi connectivity index (χ4n) is 10.6. The Morgan fingerprint density at radius 3 is 0.789 bits per heavy atom. The third-order valence-corrected chi connectivity index (χ3v) is 18.9. The maximum Gasteiger partial charge on any atom is 0.472 e. The lowest BCUT2D eigenvalue weighted by Crippen LogP contribution is -2.30. The van der Waals surface area contributed by atoms with Crippen LogP contribution in [0.3, 0.4) is 0 Å². The second kappa shape index (κ2) is 60.7. The molecule has 0 rings (SSSR count). The summed E-state index contributed by atoms with van der Waals surface area (Å²) < 4.78 is 68.3. The molecular weight excluding hydrogens is 1190 g/mol. The molecule has 0 bridgehead atoms. The maximum absolute atomic E-state index is 13.0. The number of hydrogen-bond acceptors (Lipinski definition) is 15. The van der Waals surface area contributed by atoms with E-state index >= 15 is 0 Å². The average Bonchev–Trinajstić information content (AvgIpc) is 2.85. The standard InChI is InChI=1S/C71H138O17P2/c1-9-63(7)49-41-33-24-21-22-26-38-46-54-71(76)88-67(58-82-69(74)52-44-36-30-28-34-42-50-64(8)10-2)60-86-90(79,80)84-56-65(72)55-83-89(77,78)85-59-66(57-81-68(73)51-43-35-29-27-32-40-48-62(5)6)87-70(75)53-45-37-25-20-18-16-14-12-11-13-15-17-19-23-31-39-47-61(3)4/h61-67,72H,9-60H2,1-8H3,(H,77,78)(H,79,80)/t63?,64?,65-,66-,67-/m1/s1. The Kier molecular flexibility index (Phi) is 59.4. The molecule has 0 aromatic carbocycles. The first-order valence-corrected chi connectivity index (χ1v) is 39.8. The number of aliphatic hydroxyl groups is 1. The van der Waals surface area contributed by atoms with Crippen molar-refractivity contribution in [1.29, 1.82) is 0 Å². The van der Waals surface area contributed by atoms with Crippen LogP contribution in [-0.4, -0.2) is 96.7 Å². The third-order valence-electron chi connectivity index (χ3n) is 17.0. The minimum atomic E-state index is -4.95. The van der Waals surface area contributed by atoms with Crippen molar-refractivity contribution < 1.29 is 80.2 Å². The van der Waals surface area contributed by atoms with Gasteiger partial charge in [-0.25, -0.2) is 9.13 Å². The summed E-state index contributed by atoms with van der Waals surface area (Å²) in [5, 5.41) is 10.6. The van der Waals surface area contributed by atoms with E-state index in [0.29, 0.717) is 31.6 Å². The second-order valence-electron chi connectivity index (χ2n) is 27.1. The van der Waals surface area contributed by atoms with Crippen LogP contribution in [0.15, 0.2) is 0 Å². The molecular formula is C71H138O17P2. The lowest BCUT2D eigenvalue weighted by molar-refractivity contribution is -0.161. The van der Waals surface area contributed by atoms with E-state index in [2.05, 4.69) is 55.4 Å². The van der Waals surface area contributed by atoms with Gasteiger partial charge in [0.25, 0.3) is 0 Å². The van der Waals surface area contributed by atoms with Gasteiger partial charge in [0.2, 0.25) is 0 Å². The van der Waals surface area contributed by atoms with Crippen molar-refractivity contribution in [2.24, 2.45) is 23.7 Å². The molecule has 19 heteroatoms. The van der Waals surface area contributed by atoms with E-state index in [1.165, 1.54) is 141 Å². The Morgan fingerprint density at radius 1 is 0.311 bits per heavy atom. The van der Waals surface area contributed by atoms with Crippen LogP contribution >= 0.6 is 15.6 Å². The highest BCUT2D eigenvalue weighted by molar-refractivity contribution is 7.47. The number of esters is 4. The zero-order chi connectivity index (χ0) is 66.8. The van der Waals surface area contributed by atoms with E-state index in [9.17, 15) is 43.2 Å². The molecule has 3 N–H and O–H groups in total. The van der Waals surface area contributed by atoms with Crippen molar-refractivity contribution in [3.63, 3.8) is 0 Å². The zero-order valence-corrected chi connectivity index (χ0v) is 60.6. The van der Waals surface area contributed by atoms with Crippen molar-refractivity contribution in [3.8, 4) is 0 Å². The third kappa shape index (κ3) is 62.2. The lowest BCUT2D eigenvalue weighted by Gasteiger charge is -2.21. The van der Waals surface area contributed by atoms with Crippen molar-refractivity contribution in [1.82, 2.24) is 0 Å². The summed E-state index contributed by atoms with van der Waals surface area (Å²) in [6.45, 7) is 14.1. The van der Waals surface area contributed by atoms with Crippen LogP contribution in [0.4, 0.5) is 0 Å². The van der Waals surface area contributed by atoms with Crippen LogP contribution in [0, 0.1) is 23.7 Å². The first-order valence-electron chi connectivity index (χ1n) is 36.8. The molecule has 0 aromatic heterocycles. The van der Waals surface area contributed by atoms with Gasteiger partial charge in [-0.05, 0) is 49.4 Å². The molecule has 0 spiro atoms. The van der Waals surface area contributed by atoms with Gasteiger partial charge in [0.1, 0.15) is 19.3 Å². The van der Waals surface area contributed by atoms with E-state index < -0.39 is 97.5 Å². The first kappa shape index (κ1) is 88.1. The monoisotopic (exact) mass is 1320 g/mol. The number of phosphoric ester groups is 2. The normalized spacial score (nSPS) is 14.9. The van der Waals surface area contributed by atoms with Crippen molar-refractivity contribution in [2.45, 2.75) is 369 Å². The zero-order valence-electron chi connectivity index (χ0n) is 58.8. The van der Waals surface area contributed by atoms with Gasteiger partial charge >= 0.3 is 39.5 Å². The number of carbonyl (C=O) groups excluding carboxylic acids is 4. The molecule has 0 saturated carbocycles. The molecule has 0 aliphatic carbocycles. The van der Waals surface area contributed by atoms with E-state index in [1.807, 2.05) is 0 Å². The molecule has 0 aliphatic heterocycles. The Morgan fingerprint density at radius 2 is 0.533 bits per heavy atom. The van der Waals surface area contributed by atoms with Gasteiger partial charge in [-0.3, -0.25) is 37.3 Å². The number of ether oxygens (including phenoxy) is 4. The number of unbranched alkanes of at least 4 members (excludes halogenated alkanes) is 32. The molecule has 4 unspecified atom stereocenters. The van der Waals surface area contributed by atoms with Crippen molar-refractivity contribution in [3.05, 3.63) is 0 Å². The predicted octanol–water partition coefficient (Wildman–Crippen LogP) is 20.1. The Balaban J connectivity index is 5.20. The van der Waals surface area contributed by atoms with Crippen LogP contribution in [0.25, 0.3) is 0 Å². The van der Waals surface area contributed by atoms with Gasteiger partial charge in [-0.1, -0.05) is 299 Å². The average molecular weight is 1330 g/mol. The summed E-state index contributed by atoms with van der Waals surface area (Å²) in [5.74, 6) is 0.856. The van der Waals surface area contributed by atoms with Crippen molar-refractivity contribution in [2.75, 3.05) is 39.6 Å². The Hall–Kier alpha value is -1.94. The van der Waals surface area contributed by atoms with E-state index in [-0.39, 0.29) is 25.7 Å². The summed E-state index contributed by atoms with van der Waals surface area (Å²) in [7, 11) is -9.90. The summed E-state index contributed by atoms with van der Waals surface area (Å²) in [6.07, 6.45) is 43.3. The lowest BCUT2D eigenvalue weighted by atomic mass is 9.99. The summed E-state index contributed by atoms with van der Waals surface area (Å²) in [5.41, 5.74) is 0. The number of hydrogen-bond donors (Lipinski definition) is 3. The summed E-state index contributed by atoms with van der Waals surface area (Å²) in [6, 6.07) is 0. The quantitative estimate of drug-likeness (QED) is 0.0222. The Labute approximate surface area is 549 Å². The fraction of sp³-hybridized carbons (Fsp3) is 0.944. The van der Waals surface area contributed by atoms with Crippen LogP contribution in [0.1, 0.15) is 351 Å². The fourth-order valence-corrected chi connectivity index (χ4v) is 12.2. The molecule has 0 amide bonds. The van der Waals surface area contributed by atoms with E-state index in [4.69, 9.17) is 37.0 Å². The van der Waals surface area contributed by atoms with Gasteiger partial charge in [0, 0.05) is 25.7 Å². The number of phosphoric acid groups is 2. The van der Waals surface area contributed by atoms with Crippen LogP contribution in [0.5, 0.6) is 0 Å². The molecule has 0 aromatic rings. The van der Waals surface area contributed by atoms with Crippen LogP contribution in [0.2, 0.25) is 0 Å². The van der Waals surface area contributed by atoms with Gasteiger partial charge in [0.15, 0.2) is 12.2 Å². The molecule has 90 heavy (non-hydrogen) atoms. The molecule has 0 aliphatic rings. The Bertz CT molecular complexity index is 1790. The second-order valence-corrected chi connectivity index (χ2v) is 30.0. The molecule has 0 radical (unpaired) electrons. The highest BCUT2D eigenvalue weighted by atomic mass is 31.2. The molecule has 534 valence electrons. The molecule has 0 heterocycles. The SMILES string of the molecule is CCC(C)CCCCCCCCCCC(=O)O[C@H](COC(=O)CCCCCCCCC(C)CC)COP(=O)(O)OC[C@H](O)COP(=O)(O)OC[C@@H](COC(=O)CCCCCCCCC(C)C)OC(=O)CCCCCCCCCCCCCCCCCCC(C)C. The van der Waals surface area contributed by atoms with Crippen LogP contribution in [-0.2, 0) is 65.4 Å². The number of rotatable bonds is 68. The molecule has 7 atom stereocenters. The van der Waals surface area contributed by atoms with Crippen LogP contribution < -0.4 is 0 Å².